The number of hydrogen-bond acceptors (Lipinski definition) is 3. The molecule has 6 heteroatoms. The van der Waals surface area contributed by atoms with Crippen LogP contribution >= 0.6 is 0 Å². The van der Waals surface area contributed by atoms with Crippen molar-refractivity contribution in [3.05, 3.63) is 29.8 Å². The third-order valence-corrected chi connectivity index (χ3v) is 4.85. The maximum atomic E-state index is 11.9. The van der Waals surface area contributed by atoms with Gasteiger partial charge in [0.1, 0.15) is 0 Å². The number of benzene rings is 1. The minimum atomic E-state index is -0.367. The summed E-state index contributed by atoms with van der Waals surface area (Å²) in [5.74, 6) is 0.880. The van der Waals surface area contributed by atoms with Crippen LogP contribution in [0.1, 0.15) is 46.1 Å². The van der Waals surface area contributed by atoms with Gasteiger partial charge in [-0.1, -0.05) is 38.5 Å². The second-order valence-electron chi connectivity index (χ2n) is 8.53. The molecule has 0 saturated carbocycles. The van der Waals surface area contributed by atoms with Gasteiger partial charge in [-0.25, -0.2) is 0 Å². The van der Waals surface area contributed by atoms with E-state index in [-0.39, 0.29) is 11.3 Å². The zero-order chi connectivity index (χ0) is 20.6. The van der Waals surface area contributed by atoms with Gasteiger partial charge in [-0.05, 0) is 38.8 Å². The monoisotopic (exact) mass is 387 g/mol. The van der Waals surface area contributed by atoms with Crippen molar-refractivity contribution in [2.75, 3.05) is 37.6 Å². The van der Waals surface area contributed by atoms with Gasteiger partial charge in [0, 0.05) is 43.3 Å². The molecule has 0 radical (unpaired) electrons. The third kappa shape index (κ3) is 7.06. The summed E-state index contributed by atoms with van der Waals surface area (Å²) in [7, 11) is 0. The molecule has 0 aromatic heterocycles. The van der Waals surface area contributed by atoms with Gasteiger partial charge in [0.05, 0.1) is 6.54 Å². The average Bonchev–Trinajstić information content (AvgIpc) is 2.65. The lowest BCUT2D eigenvalue weighted by Crippen LogP contribution is -2.51. The van der Waals surface area contributed by atoms with E-state index in [1.165, 1.54) is 11.3 Å². The molecule has 28 heavy (non-hydrogen) atoms. The summed E-state index contributed by atoms with van der Waals surface area (Å²) in [5.41, 5.74) is 2.20. The first-order chi connectivity index (χ1) is 13.3. The molecule has 0 aliphatic carbocycles. The molecule has 1 unspecified atom stereocenters. The van der Waals surface area contributed by atoms with Gasteiger partial charge in [-0.15, -0.1) is 0 Å². The van der Waals surface area contributed by atoms with E-state index in [1.807, 2.05) is 20.8 Å². The van der Waals surface area contributed by atoms with Gasteiger partial charge in [0.25, 0.3) is 0 Å². The van der Waals surface area contributed by atoms with Crippen molar-refractivity contribution in [2.24, 2.45) is 10.4 Å². The number of aryl methyl sites for hydroxylation is 1. The number of aliphatic imine (C=N–C) groups is 1. The van der Waals surface area contributed by atoms with E-state index in [1.54, 1.807) is 0 Å². The Labute approximate surface area is 170 Å². The van der Waals surface area contributed by atoms with Crippen molar-refractivity contribution in [3.63, 3.8) is 0 Å². The molecular formula is C22H37N5O. The Kier molecular flexibility index (Phi) is 8.15. The number of carbonyl (C=O) groups is 1. The lowest BCUT2D eigenvalue weighted by atomic mass is 9.96. The molecule has 1 amide bonds. The molecule has 1 fully saturated rings. The molecule has 3 N–H and O–H groups in total. The Morgan fingerprint density at radius 2 is 1.93 bits per heavy atom. The molecule has 1 aromatic rings. The number of anilines is 1. The quantitative estimate of drug-likeness (QED) is 0.399. The summed E-state index contributed by atoms with van der Waals surface area (Å²) >= 11 is 0. The highest BCUT2D eigenvalue weighted by atomic mass is 16.2. The third-order valence-electron chi connectivity index (χ3n) is 4.85. The molecule has 6 nitrogen and oxygen atoms in total. The van der Waals surface area contributed by atoms with Crippen LogP contribution in [-0.4, -0.2) is 50.6 Å². The molecular weight excluding hydrogens is 350 g/mol. The molecule has 1 atom stereocenters. The summed E-state index contributed by atoms with van der Waals surface area (Å²) in [6, 6.07) is 9.11. The smallest absolute Gasteiger partial charge is 0.225 e. The van der Waals surface area contributed by atoms with Gasteiger partial charge >= 0.3 is 0 Å². The minimum Gasteiger partial charge on any atom is -0.369 e. The second kappa shape index (κ2) is 10.3. The van der Waals surface area contributed by atoms with Gasteiger partial charge in [0.2, 0.25) is 5.91 Å². The molecule has 1 saturated heterocycles. The number of amides is 1. The van der Waals surface area contributed by atoms with Gasteiger partial charge in [-0.2, -0.15) is 0 Å². The minimum absolute atomic E-state index is 0.0571. The molecule has 1 aliphatic rings. The molecule has 0 bridgehead atoms. The van der Waals surface area contributed by atoms with E-state index in [9.17, 15) is 4.79 Å². The van der Waals surface area contributed by atoms with E-state index in [0.29, 0.717) is 19.1 Å². The predicted molar refractivity (Wildman–Crippen MR) is 118 cm³/mol. The van der Waals surface area contributed by atoms with Gasteiger partial charge < -0.3 is 20.9 Å². The fraction of sp³-hybridized carbons (Fsp3) is 0.636. The van der Waals surface area contributed by atoms with E-state index >= 15 is 0 Å². The predicted octanol–water partition coefficient (Wildman–Crippen LogP) is 2.68. The van der Waals surface area contributed by atoms with Crippen LogP contribution in [0.25, 0.3) is 0 Å². The average molecular weight is 388 g/mol. The number of rotatable bonds is 6. The number of piperidine rings is 1. The normalized spacial score (nSPS) is 18.0. The Morgan fingerprint density at radius 3 is 2.57 bits per heavy atom. The first-order valence-electron chi connectivity index (χ1n) is 10.4. The van der Waals surface area contributed by atoms with Crippen LogP contribution in [0.2, 0.25) is 0 Å². The van der Waals surface area contributed by atoms with Gasteiger partial charge in [-0.3, -0.25) is 9.79 Å². The van der Waals surface area contributed by atoms with Crippen LogP contribution < -0.4 is 20.9 Å². The summed E-state index contributed by atoms with van der Waals surface area (Å²) in [5, 5.41) is 9.84. The maximum Gasteiger partial charge on any atom is 0.225 e. The van der Waals surface area contributed by atoms with Crippen molar-refractivity contribution in [3.8, 4) is 0 Å². The topological polar surface area (TPSA) is 68.8 Å². The Bertz CT molecular complexity index is 648. The fourth-order valence-corrected chi connectivity index (χ4v) is 3.20. The number of carbonyl (C=O) groups excluding carboxylic acids is 1. The number of nitrogens with zero attached hydrogens (tertiary/aromatic N) is 2. The van der Waals surface area contributed by atoms with Crippen LogP contribution in [0.3, 0.4) is 0 Å². The highest BCUT2D eigenvalue weighted by Crippen LogP contribution is 2.20. The Hall–Kier alpha value is -2.24. The molecule has 156 valence electrons. The van der Waals surface area contributed by atoms with E-state index in [2.05, 4.69) is 64.0 Å². The van der Waals surface area contributed by atoms with Gasteiger partial charge in [0.15, 0.2) is 5.96 Å². The maximum absolute atomic E-state index is 11.9. The number of guanidine groups is 1. The molecule has 1 heterocycles. The zero-order valence-electron chi connectivity index (χ0n) is 18.1. The lowest BCUT2D eigenvalue weighted by Gasteiger charge is -2.35. The Balaban J connectivity index is 1.88. The Morgan fingerprint density at radius 1 is 1.21 bits per heavy atom. The molecule has 1 aliphatic heterocycles. The number of nitrogens with one attached hydrogen (secondary N) is 3. The highest BCUT2D eigenvalue weighted by molar-refractivity contribution is 5.81. The van der Waals surface area contributed by atoms with Crippen LogP contribution in [0, 0.1) is 12.3 Å². The summed E-state index contributed by atoms with van der Waals surface area (Å²) in [4.78, 5) is 19.0. The molecule has 2 rings (SSSR count). The zero-order valence-corrected chi connectivity index (χ0v) is 18.1. The van der Waals surface area contributed by atoms with Crippen molar-refractivity contribution in [2.45, 2.75) is 53.5 Å². The van der Waals surface area contributed by atoms with E-state index in [0.717, 1.165) is 38.4 Å². The van der Waals surface area contributed by atoms with Crippen LogP contribution in [0.5, 0.6) is 0 Å². The summed E-state index contributed by atoms with van der Waals surface area (Å²) < 4.78 is 0. The summed E-state index contributed by atoms with van der Waals surface area (Å²) in [6.07, 6.45) is 2.29. The van der Waals surface area contributed by atoms with Crippen molar-refractivity contribution in [1.29, 1.82) is 0 Å². The largest absolute Gasteiger partial charge is 0.369 e. The number of hydrogen-bond donors (Lipinski definition) is 3. The first-order valence-corrected chi connectivity index (χ1v) is 10.4. The van der Waals surface area contributed by atoms with E-state index in [4.69, 9.17) is 0 Å². The van der Waals surface area contributed by atoms with Crippen LogP contribution in [0.15, 0.2) is 29.3 Å². The van der Waals surface area contributed by atoms with Crippen molar-refractivity contribution >= 4 is 17.6 Å². The van der Waals surface area contributed by atoms with Crippen molar-refractivity contribution in [1.82, 2.24) is 16.0 Å². The SMILES string of the molecule is CCNC(=NCCNC(=O)C(C)(C)C)NC1CCCN(c2ccc(C)cc2)C1. The summed E-state index contributed by atoms with van der Waals surface area (Å²) in [6.45, 7) is 13.9. The van der Waals surface area contributed by atoms with E-state index < -0.39 is 0 Å². The fourth-order valence-electron chi connectivity index (χ4n) is 3.20. The van der Waals surface area contributed by atoms with Crippen molar-refractivity contribution < 1.29 is 4.79 Å². The van der Waals surface area contributed by atoms with Crippen LogP contribution in [-0.2, 0) is 4.79 Å². The molecule has 1 aromatic carbocycles. The molecule has 0 spiro atoms. The standard InChI is InChI=1S/C22H37N5O/c1-6-23-21(25-14-13-24-20(28)22(3,4)5)26-18-8-7-15-27(16-18)19-11-9-17(2)10-12-19/h9-12,18H,6-8,13-16H2,1-5H3,(H,24,28)(H2,23,25,26). The first kappa shape index (κ1) is 22.1. The lowest BCUT2D eigenvalue weighted by molar-refractivity contribution is -0.128. The van der Waals surface area contributed by atoms with Crippen LogP contribution in [0.4, 0.5) is 5.69 Å². The second-order valence-corrected chi connectivity index (χ2v) is 8.53. The highest BCUT2D eigenvalue weighted by Gasteiger charge is 2.22.